The maximum absolute atomic E-state index is 5.52. The SMILES string of the molecule is CCCNC(CC(C)CC(C)(C)C)C1=COCCC1. The van der Waals surface area contributed by atoms with Crippen LogP contribution in [0.5, 0.6) is 0 Å². The van der Waals surface area contributed by atoms with Gasteiger partial charge in [0.1, 0.15) is 0 Å². The summed E-state index contributed by atoms with van der Waals surface area (Å²) in [6, 6.07) is 0.512. The fourth-order valence-electron chi connectivity index (χ4n) is 3.06. The molecule has 0 aromatic carbocycles. The van der Waals surface area contributed by atoms with Crippen LogP contribution in [-0.2, 0) is 4.74 Å². The van der Waals surface area contributed by atoms with Gasteiger partial charge in [0.25, 0.3) is 0 Å². The van der Waals surface area contributed by atoms with Crippen LogP contribution >= 0.6 is 0 Å². The average molecular weight is 267 g/mol. The summed E-state index contributed by atoms with van der Waals surface area (Å²) in [7, 11) is 0. The predicted molar refractivity (Wildman–Crippen MR) is 83.2 cm³/mol. The van der Waals surface area contributed by atoms with Crippen molar-refractivity contribution in [3.8, 4) is 0 Å². The van der Waals surface area contributed by atoms with E-state index in [1.807, 2.05) is 6.26 Å². The van der Waals surface area contributed by atoms with Crippen LogP contribution in [0.15, 0.2) is 11.8 Å². The highest BCUT2D eigenvalue weighted by molar-refractivity contribution is 5.10. The van der Waals surface area contributed by atoms with Gasteiger partial charge in [-0.05, 0) is 55.6 Å². The number of hydrogen-bond donors (Lipinski definition) is 1. The maximum Gasteiger partial charge on any atom is 0.0876 e. The molecule has 1 N–H and O–H groups in total. The molecule has 0 saturated heterocycles. The van der Waals surface area contributed by atoms with E-state index in [2.05, 4.69) is 39.9 Å². The van der Waals surface area contributed by atoms with E-state index < -0.39 is 0 Å². The van der Waals surface area contributed by atoms with Gasteiger partial charge in [0.15, 0.2) is 0 Å². The summed E-state index contributed by atoms with van der Waals surface area (Å²) in [6.07, 6.45) is 8.09. The Kier molecular flexibility index (Phi) is 6.92. The molecule has 0 saturated carbocycles. The molecule has 112 valence electrons. The second-order valence-corrected chi connectivity index (χ2v) is 7.28. The molecule has 1 heterocycles. The van der Waals surface area contributed by atoms with E-state index in [0.717, 1.165) is 19.1 Å². The van der Waals surface area contributed by atoms with E-state index in [1.54, 1.807) is 0 Å². The van der Waals surface area contributed by atoms with Crippen molar-refractivity contribution in [2.75, 3.05) is 13.2 Å². The van der Waals surface area contributed by atoms with E-state index >= 15 is 0 Å². The van der Waals surface area contributed by atoms with Crippen molar-refractivity contribution >= 4 is 0 Å². The Labute approximate surface area is 120 Å². The first-order chi connectivity index (χ1) is 8.92. The number of ether oxygens (including phenoxy) is 1. The van der Waals surface area contributed by atoms with Gasteiger partial charge in [-0.15, -0.1) is 0 Å². The van der Waals surface area contributed by atoms with Gasteiger partial charge < -0.3 is 10.1 Å². The van der Waals surface area contributed by atoms with Crippen LogP contribution in [0.3, 0.4) is 0 Å². The Balaban J connectivity index is 2.55. The molecule has 0 spiro atoms. The molecule has 0 radical (unpaired) electrons. The highest BCUT2D eigenvalue weighted by Gasteiger charge is 2.22. The van der Waals surface area contributed by atoms with Gasteiger partial charge in [0, 0.05) is 6.04 Å². The lowest BCUT2D eigenvalue weighted by atomic mass is 9.81. The smallest absolute Gasteiger partial charge is 0.0876 e. The average Bonchev–Trinajstić information content (AvgIpc) is 2.33. The van der Waals surface area contributed by atoms with Crippen LogP contribution < -0.4 is 5.32 Å². The highest BCUT2D eigenvalue weighted by atomic mass is 16.5. The third-order valence-corrected chi connectivity index (χ3v) is 3.65. The second-order valence-electron chi connectivity index (χ2n) is 7.28. The van der Waals surface area contributed by atoms with Gasteiger partial charge in [0.2, 0.25) is 0 Å². The molecule has 1 aliphatic heterocycles. The Morgan fingerprint density at radius 3 is 2.63 bits per heavy atom. The topological polar surface area (TPSA) is 21.3 Å². The minimum Gasteiger partial charge on any atom is -0.501 e. The van der Waals surface area contributed by atoms with Crippen molar-refractivity contribution in [1.82, 2.24) is 5.32 Å². The van der Waals surface area contributed by atoms with Gasteiger partial charge in [-0.2, -0.15) is 0 Å². The molecule has 0 fully saturated rings. The van der Waals surface area contributed by atoms with Crippen molar-refractivity contribution in [1.29, 1.82) is 0 Å². The first-order valence-corrected chi connectivity index (χ1v) is 7.96. The molecule has 0 amide bonds. The quantitative estimate of drug-likeness (QED) is 0.732. The standard InChI is InChI=1S/C17H33NO/c1-6-9-18-16(15-8-7-10-19-13-15)11-14(2)12-17(3,4)5/h13-14,16,18H,6-12H2,1-5H3. The van der Waals surface area contributed by atoms with Gasteiger partial charge in [-0.25, -0.2) is 0 Å². The summed E-state index contributed by atoms with van der Waals surface area (Å²) in [5.41, 5.74) is 1.90. The third kappa shape index (κ3) is 7.00. The third-order valence-electron chi connectivity index (χ3n) is 3.65. The molecule has 19 heavy (non-hydrogen) atoms. The normalized spacial score (nSPS) is 19.5. The van der Waals surface area contributed by atoms with Crippen molar-refractivity contribution < 1.29 is 4.74 Å². The first-order valence-electron chi connectivity index (χ1n) is 7.96. The maximum atomic E-state index is 5.52. The zero-order valence-electron chi connectivity index (χ0n) is 13.6. The molecule has 0 aliphatic carbocycles. The van der Waals surface area contributed by atoms with Crippen molar-refractivity contribution in [3.63, 3.8) is 0 Å². The van der Waals surface area contributed by atoms with Crippen LogP contribution in [0, 0.1) is 11.3 Å². The van der Waals surface area contributed by atoms with Crippen LogP contribution in [0.2, 0.25) is 0 Å². The molecule has 2 atom stereocenters. The summed E-state index contributed by atoms with van der Waals surface area (Å²) in [5.74, 6) is 0.747. The zero-order chi connectivity index (χ0) is 14.3. The Morgan fingerprint density at radius 2 is 2.11 bits per heavy atom. The fraction of sp³-hybridized carbons (Fsp3) is 0.882. The van der Waals surface area contributed by atoms with Crippen LogP contribution in [0.25, 0.3) is 0 Å². The zero-order valence-corrected chi connectivity index (χ0v) is 13.6. The Bertz CT molecular complexity index is 277. The van der Waals surface area contributed by atoms with E-state index in [9.17, 15) is 0 Å². The van der Waals surface area contributed by atoms with Gasteiger partial charge >= 0.3 is 0 Å². The molecule has 0 aromatic heterocycles. The molecule has 2 unspecified atom stereocenters. The molecular formula is C17H33NO. The molecule has 2 nitrogen and oxygen atoms in total. The number of hydrogen-bond acceptors (Lipinski definition) is 2. The lowest BCUT2D eigenvalue weighted by Gasteiger charge is -2.29. The molecule has 1 rings (SSSR count). The van der Waals surface area contributed by atoms with Crippen molar-refractivity contribution in [3.05, 3.63) is 11.8 Å². The van der Waals surface area contributed by atoms with Gasteiger partial charge in [-0.1, -0.05) is 34.6 Å². The minimum absolute atomic E-state index is 0.423. The molecule has 0 aromatic rings. The van der Waals surface area contributed by atoms with Crippen molar-refractivity contribution in [2.45, 2.75) is 72.8 Å². The van der Waals surface area contributed by atoms with Gasteiger partial charge in [0.05, 0.1) is 12.9 Å². The second kappa shape index (κ2) is 7.94. The highest BCUT2D eigenvalue weighted by Crippen LogP contribution is 2.29. The number of nitrogens with one attached hydrogen (secondary N) is 1. The Morgan fingerprint density at radius 1 is 1.37 bits per heavy atom. The molecule has 1 aliphatic rings. The lowest BCUT2D eigenvalue weighted by molar-refractivity contribution is 0.214. The largest absolute Gasteiger partial charge is 0.501 e. The summed E-state index contributed by atoms with van der Waals surface area (Å²) < 4.78 is 5.52. The van der Waals surface area contributed by atoms with E-state index in [1.165, 1.54) is 37.7 Å². The van der Waals surface area contributed by atoms with Crippen molar-refractivity contribution in [2.24, 2.45) is 11.3 Å². The van der Waals surface area contributed by atoms with Gasteiger partial charge in [-0.3, -0.25) is 0 Å². The molecular weight excluding hydrogens is 234 g/mol. The Hall–Kier alpha value is -0.500. The number of rotatable bonds is 7. The minimum atomic E-state index is 0.423. The van der Waals surface area contributed by atoms with E-state index in [4.69, 9.17) is 4.74 Å². The van der Waals surface area contributed by atoms with E-state index in [-0.39, 0.29) is 0 Å². The first kappa shape index (κ1) is 16.6. The molecule has 2 heteroatoms. The lowest BCUT2D eigenvalue weighted by Crippen LogP contribution is -2.34. The summed E-state index contributed by atoms with van der Waals surface area (Å²) in [6.45, 7) is 13.6. The predicted octanol–water partition coefficient (Wildman–Crippen LogP) is 4.51. The van der Waals surface area contributed by atoms with Crippen LogP contribution in [0.4, 0.5) is 0 Å². The summed E-state index contributed by atoms with van der Waals surface area (Å²) in [5, 5.41) is 3.71. The van der Waals surface area contributed by atoms with Crippen LogP contribution in [0.1, 0.15) is 66.7 Å². The summed E-state index contributed by atoms with van der Waals surface area (Å²) in [4.78, 5) is 0. The van der Waals surface area contributed by atoms with Crippen LogP contribution in [-0.4, -0.2) is 19.2 Å². The fourth-order valence-corrected chi connectivity index (χ4v) is 3.06. The molecule has 0 bridgehead atoms. The summed E-state index contributed by atoms with van der Waals surface area (Å²) >= 11 is 0. The van der Waals surface area contributed by atoms with E-state index in [0.29, 0.717) is 11.5 Å². The monoisotopic (exact) mass is 267 g/mol.